The van der Waals surface area contributed by atoms with Gasteiger partial charge >= 0.3 is 0 Å². The summed E-state index contributed by atoms with van der Waals surface area (Å²) < 4.78 is 3.18. The molecule has 1 aromatic rings. The number of aromatic nitrogens is 2. The molecule has 4 heteroatoms. The molecule has 3 nitrogen and oxygen atoms in total. The van der Waals surface area contributed by atoms with E-state index < -0.39 is 0 Å². The second-order valence-electron chi connectivity index (χ2n) is 5.57. The number of nitrogens with zero attached hydrogens (tertiary/aromatic N) is 2. The minimum atomic E-state index is 0.543. The summed E-state index contributed by atoms with van der Waals surface area (Å²) in [5.41, 5.74) is 2.38. The number of hydrogen-bond acceptors (Lipinski definition) is 2. The number of hydrogen-bond donors (Lipinski definition) is 1. The molecule has 0 aliphatic heterocycles. The summed E-state index contributed by atoms with van der Waals surface area (Å²) in [6.45, 7) is 9.97. The zero-order chi connectivity index (χ0) is 14.4. The van der Waals surface area contributed by atoms with E-state index in [9.17, 15) is 0 Å². The Bertz CT molecular complexity index is 387. The highest BCUT2D eigenvalue weighted by Crippen LogP contribution is 2.23. The third-order valence-corrected chi connectivity index (χ3v) is 4.80. The molecule has 1 aromatic heterocycles. The molecule has 0 amide bonds. The first-order chi connectivity index (χ1) is 8.99. The van der Waals surface area contributed by atoms with Crippen molar-refractivity contribution < 1.29 is 0 Å². The van der Waals surface area contributed by atoms with Crippen molar-refractivity contribution in [1.82, 2.24) is 15.1 Å². The van der Waals surface area contributed by atoms with Gasteiger partial charge < -0.3 is 5.32 Å². The van der Waals surface area contributed by atoms with Crippen LogP contribution in [0.4, 0.5) is 0 Å². The predicted octanol–water partition coefficient (Wildman–Crippen LogP) is 3.84. The van der Waals surface area contributed by atoms with Gasteiger partial charge in [-0.1, -0.05) is 27.2 Å². The monoisotopic (exact) mass is 329 g/mol. The van der Waals surface area contributed by atoms with Crippen LogP contribution in [-0.2, 0) is 13.5 Å². The van der Waals surface area contributed by atoms with Gasteiger partial charge in [-0.2, -0.15) is 5.10 Å². The molecule has 19 heavy (non-hydrogen) atoms. The van der Waals surface area contributed by atoms with Crippen LogP contribution in [-0.4, -0.2) is 22.4 Å². The van der Waals surface area contributed by atoms with Gasteiger partial charge in [0.1, 0.15) is 0 Å². The van der Waals surface area contributed by atoms with Crippen LogP contribution in [0.25, 0.3) is 0 Å². The minimum absolute atomic E-state index is 0.543. The Hall–Kier alpha value is -0.350. The highest BCUT2D eigenvalue weighted by molar-refractivity contribution is 9.10. The summed E-state index contributed by atoms with van der Waals surface area (Å²) in [6.07, 6.45) is 4.70. The van der Waals surface area contributed by atoms with Gasteiger partial charge in [0.15, 0.2) is 0 Å². The fourth-order valence-corrected chi connectivity index (χ4v) is 2.87. The number of aryl methyl sites for hydroxylation is 2. The normalized spacial score (nSPS) is 14.6. The summed E-state index contributed by atoms with van der Waals surface area (Å²) >= 11 is 3.67. The first-order valence-corrected chi connectivity index (χ1v) is 8.20. The van der Waals surface area contributed by atoms with Crippen LogP contribution in [0, 0.1) is 12.8 Å². The molecule has 1 N–H and O–H groups in total. The van der Waals surface area contributed by atoms with Crippen LogP contribution in [0.1, 0.15) is 51.4 Å². The number of nitrogens with one attached hydrogen (secondary N) is 1. The lowest BCUT2D eigenvalue weighted by atomic mass is 9.96. The van der Waals surface area contributed by atoms with E-state index >= 15 is 0 Å². The third kappa shape index (κ3) is 4.92. The van der Waals surface area contributed by atoms with Crippen LogP contribution < -0.4 is 5.32 Å². The topological polar surface area (TPSA) is 29.9 Å². The second-order valence-corrected chi connectivity index (χ2v) is 6.37. The lowest BCUT2D eigenvalue weighted by molar-refractivity contribution is 0.385. The Balaban J connectivity index is 2.75. The van der Waals surface area contributed by atoms with E-state index in [1.165, 1.54) is 29.4 Å². The summed E-state index contributed by atoms with van der Waals surface area (Å²) in [7, 11) is 2.03. The lowest BCUT2D eigenvalue weighted by Gasteiger charge is -2.22. The van der Waals surface area contributed by atoms with Crippen LogP contribution in [0.3, 0.4) is 0 Å². The molecule has 0 aromatic carbocycles. The van der Waals surface area contributed by atoms with Crippen molar-refractivity contribution in [1.29, 1.82) is 0 Å². The van der Waals surface area contributed by atoms with Gasteiger partial charge in [-0.15, -0.1) is 0 Å². The van der Waals surface area contributed by atoms with E-state index in [2.05, 4.69) is 54.0 Å². The Morgan fingerprint density at radius 2 is 2.05 bits per heavy atom. The molecule has 0 saturated carbocycles. The largest absolute Gasteiger partial charge is 0.314 e. The average Bonchev–Trinajstić information content (AvgIpc) is 2.62. The maximum absolute atomic E-state index is 4.49. The molecule has 0 radical (unpaired) electrons. The molecule has 0 saturated heterocycles. The molecule has 0 aliphatic rings. The zero-order valence-electron chi connectivity index (χ0n) is 13.0. The van der Waals surface area contributed by atoms with Gasteiger partial charge in [0.05, 0.1) is 15.9 Å². The van der Waals surface area contributed by atoms with Gasteiger partial charge in [0, 0.05) is 19.5 Å². The van der Waals surface area contributed by atoms with E-state index in [1.54, 1.807) is 0 Å². The fourth-order valence-electron chi connectivity index (χ4n) is 2.37. The Morgan fingerprint density at radius 3 is 2.53 bits per heavy atom. The molecule has 0 aliphatic carbocycles. The fraction of sp³-hybridized carbons (Fsp3) is 0.800. The second kappa shape index (κ2) is 8.05. The van der Waals surface area contributed by atoms with Crippen molar-refractivity contribution in [3.63, 3.8) is 0 Å². The predicted molar refractivity (Wildman–Crippen MR) is 85.5 cm³/mol. The molecule has 2 atom stereocenters. The van der Waals surface area contributed by atoms with Crippen LogP contribution in [0.15, 0.2) is 4.47 Å². The molecule has 1 heterocycles. The van der Waals surface area contributed by atoms with Crippen molar-refractivity contribution in [3.8, 4) is 0 Å². The van der Waals surface area contributed by atoms with E-state index in [1.807, 2.05) is 11.7 Å². The van der Waals surface area contributed by atoms with Crippen molar-refractivity contribution >= 4 is 15.9 Å². The van der Waals surface area contributed by atoms with Crippen molar-refractivity contribution in [2.45, 2.75) is 59.4 Å². The molecular weight excluding hydrogens is 302 g/mol. The first kappa shape index (κ1) is 16.7. The third-order valence-electron chi connectivity index (χ3n) is 3.77. The number of halogens is 1. The van der Waals surface area contributed by atoms with E-state index in [0.29, 0.717) is 6.04 Å². The summed E-state index contributed by atoms with van der Waals surface area (Å²) in [5, 5.41) is 8.17. The maximum atomic E-state index is 4.49. The van der Waals surface area contributed by atoms with Gasteiger partial charge in [-0.05, 0) is 48.2 Å². The lowest BCUT2D eigenvalue weighted by Crippen LogP contribution is -2.34. The smallest absolute Gasteiger partial charge is 0.0738 e. The molecular formula is C15H28BrN3. The van der Waals surface area contributed by atoms with Gasteiger partial charge in [0.2, 0.25) is 0 Å². The van der Waals surface area contributed by atoms with Crippen molar-refractivity contribution in [2.24, 2.45) is 13.0 Å². The van der Waals surface area contributed by atoms with E-state index in [4.69, 9.17) is 0 Å². The van der Waals surface area contributed by atoms with Crippen LogP contribution in [0.2, 0.25) is 0 Å². The molecule has 0 spiro atoms. The van der Waals surface area contributed by atoms with Crippen LogP contribution >= 0.6 is 15.9 Å². The average molecular weight is 330 g/mol. The van der Waals surface area contributed by atoms with Gasteiger partial charge in [0.25, 0.3) is 0 Å². The Labute approximate surface area is 126 Å². The van der Waals surface area contributed by atoms with Crippen molar-refractivity contribution in [3.05, 3.63) is 15.9 Å². The Kier molecular flexibility index (Phi) is 7.08. The molecule has 1 rings (SSSR count). The summed E-state index contributed by atoms with van der Waals surface area (Å²) in [4.78, 5) is 0. The minimum Gasteiger partial charge on any atom is -0.314 e. The highest BCUT2D eigenvalue weighted by Gasteiger charge is 2.18. The van der Waals surface area contributed by atoms with Gasteiger partial charge in [-0.25, -0.2) is 0 Å². The standard InChI is InChI=1S/C15H28BrN3/c1-6-8-17-13(9-11(3)7-2)10-14-15(16)12(4)18-19(14)5/h11,13,17H,6-10H2,1-5H3. The quantitative estimate of drug-likeness (QED) is 0.785. The Morgan fingerprint density at radius 1 is 1.37 bits per heavy atom. The van der Waals surface area contributed by atoms with E-state index in [-0.39, 0.29) is 0 Å². The maximum Gasteiger partial charge on any atom is 0.0738 e. The highest BCUT2D eigenvalue weighted by atomic mass is 79.9. The molecule has 110 valence electrons. The van der Waals surface area contributed by atoms with Crippen molar-refractivity contribution in [2.75, 3.05) is 6.54 Å². The van der Waals surface area contributed by atoms with Gasteiger partial charge in [-0.3, -0.25) is 4.68 Å². The molecule has 0 bridgehead atoms. The molecule has 0 fully saturated rings. The molecule has 2 unspecified atom stereocenters. The zero-order valence-corrected chi connectivity index (χ0v) is 14.5. The summed E-state index contributed by atoms with van der Waals surface area (Å²) in [6, 6.07) is 0.543. The van der Waals surface area contributed by atoms with E-state index in [0.717, 1.165) is 24.6 Å². The first-order valence-electron chi connectivity index (χ1n) is 7.40. The summed E-state index contributed by atoms with van der Waals surface area (Å²) in [5.74, 6) is 0.766. The van der Waals surface area contributed by atoms with Crippen LogP contribution in [0.5, 0.6) is 0 Å². The SMILES string of the molecule is CCCNC(Cc1c(Br)c(C)nn1C)CC(C)CC. The number of rotatable bonds is 8.